The van der Waals surface area contributed by atoms with Crippen LogP contribution < -0.4 is 5.56 Å². The van der Waals surface area contributed by atoms with Crippen molar-refractivity contribution in [3.8, 4) is 11.4 Å². The highest BCUT2D eigenvalue weighted by atomic mass is 35.5. The second-order valence-electron chi connectivity index (χ2n) is 4.29. The van der Waals surface area contributed by atoms with Crippen LogP contribution in [0.1, 0.15) is 0 Å². The summed E-state index contributed by atoms with van der Waals surface area (Å²) in [6.07, 6.45) is 0. The molecule has 0 spiro atoms. The molecule has 3 aromatic heterocycles. The largest absolute Gasteiger partial charge is 0.290 e. The average Bonchev–Trinajstić information content (AvgIpc) is 3.04. The van der Waals surface area contributed by atoms with E-state index in [-0.39, 0.29) is 5.56 Å². The van der Waals surface area contributed by atoms with Gasteiger partial charge in [0, 0.05) is 10.6 Å². The maximum Gasteiger partial charge on any atom is 0.261 e. The van der Waals surface area contributed by atoms with Crippen LogP contribution >= 0.6 is 22.9 Å². The molecule has 20 heavy (non-hydrogen) atoms. The fourth-order valence-electron chi connectivity index (χ4n) is 2.19. The Bertz CT molecular complexity index is 1000. The zero-order valence-corrected chi connectivity index (χ0v) is 11.6. The number of benzene rings is 1. The first kappa shape index (κ1) is 11.6. The van der Waals surface area contributed by atoms with Gasteiger partial charge in [-0.1, -0.05) is 23.7 Å². The number of nitrogens with one attached hydrogen (secondary N) is 1. The van der Waals surface area contributed by atoms with Gasteiger partial charge in [-0.2, -0.15) is 0 Å². The molecular weight excluding hydrogens is 296 g/mol. The molecule has 0 bridgehead atoms. The van der Waals surface area contributed by atoms with Crippen molar-refractivity contribution in [1.29, 1.82) is 0 Å². The van der Waals surface area contributed by atoms with Gasteiger partial charge in [0.25, 0.3) is 5.56 Å². The first-order valence-corrected chi connectivity index (χ1v) is 7.10. The number of aromatic nitrogens is 4. The van der Waals surface area contributed by atoms with Crippen LogP contribution in [0, 0.1) is 0 Å². The first-order valence-electron chi connectivity index (χ1n) is 5.84. The van der Waals surface area contributed by atoms with Gasteiger partial charge in [-0.15, -0.1) is 21.5 Å². The van der Waals surface area contributed by atoms with Crippen LogP contribution in [-0.4, -0.2) is 19.6 Å². The molecular formula is C13H7ClN4OS. The molecule has 1 aromatic carbocycles. The van der Waals surface area contributed by atoms with Gasteiger partial charge in [0.2, 0.25) is 5.78 Å². The minimum Gasteiger partial charge on any atom is -0.290 e. The van der Waals surface area contributed by atoms with Gasteiger partial charge >= 0.3 is 0 Å². The molecule has 4 aromatic rings. The van der Waals surface area contributed by atoms with Gasteiger partial charge in [0.05, 0.1) is 5.39 Å². The van der Waals surface area contributed by atoms with Gasteiger partial charge in [0.1, 0.15) is 4.83 Å². The first-order chi connectivity index (χ1) is 9.74. The number of fused-ring (bicyclic) bond motifs is 3. The summed E-state index contributed by atoms with van der Waals surface area (Å²) < 4.78 is 1.84. The Balaban J connectivity index is 2.16. The maximum atomic E-state index is 11.9. The van der Waals surface area contributed by atoms with Crippen LogP contribution in [0.3, 0.4) is 0 Å². The van der Waals surface area contributed by atoms with Crippen molar-refractivity contribution in [1.82, 2.24) is 19.6 Å². The van der Waals surface area contributed by atoms with Gasteiger partial charge in [-0.25, -0.2) is 0 Å². The summed E-state index contributed by atoms with van der Waals surface area (Å²) in [4.78, 5) is 15.5. The van der Waals surface area contributed by atoms with E-state index in [9.17, 15) is 4.79 Å². The number of rotatable bonds is 1. The topological polar surface area (TPSA) is 63.0 Å². The Morgan fingerprint density at radius 1 is 1.25 bits per heavy atom. The molecule has 98 valence electrons. The number of halogens is 1. The monoisotopic (exact) mass is 302 g/mol. The van der Waals surface area contributed by atoms with Crippen molar-refractivity contribution in [2.75, 3.05) is 0 Å². The highest BCUT2D eigenvalue weighted by Gasteiger charge is 2.14. The van der Waals surface area contributed by atoms with E-state index in [0.29, 0.717) is 22.0 Å². The van der Waals surface area contributed by atoms with E-state index < -0.39 is 0 Å². The van der Waals surface area contributed by atoms with E-state index in [1.165, 1.54) is 11.3 Å². The lowest BCUT2D eigenvalue weighted by Gasteiger charge is -2.01. The fraction of sp³-hybridized carbons (Fsp3) is 0. The Labute approximate surface area is 121 Å². The Morgan fingerprint density at radius 2 is 2.15 bits per heavy atom. The third kappa shape index (κ3) is 1.59. The number of thiophene rings is 1. The SMILES string of the molecule is O=c1[nH]c2nnc(-c3cccc(Cl)c3)n2c2sccc12. The van der Waals surface area contributed by atoms with Crippen LogP contribution in [0.15, 0.2) is 40.5 Å². The smallest absolute Gasteiger partial charge is 0.261 e. The Morgan fingerprint density at radius 3 is 3.00 bits per heavy atom. The second kappa shape index (κ2) is 4.16. The van der Waals surface area contributed by atoms with Gasteiger partial charge in [0.15, 0.2) is 5.82 Å². The van der Waals surface area contributed by atoms with Crippen molar-refractivity contribution < 1.29 is 0 Å². The van der Waals surface area contributed by atoms with Gasteiger partial charge in [-0.05, 0) is 23.6 Å². The molecule has 5 nitrogen and oxygen atoms in total. The number of hydrogen-bond donors (Lipinski definition) is 1. The lowest BCUT2D eigenvalue weighted by atomic mass is 10.2. The molecule has 0 fully saturated rings. The third-order valence-corrected chi connectivity index (χ3v) is 4.20. The molecule has 0 aliphatic carbocycles. The number of nitrogens with zero attached hydrogens (tertiary/aromatic N) is 3. The molecule has 0 saturated carbocycles. The van der Waals surface area contributed by atoms with E-state index in [4.69, 9.17) is 11.6 Å². The number of H-pyrrole nitrogens is 1. The lowest BCUT2D eigenvalue weighted by molar-refractivity contribution is 1.09. The highest BCUT2D eigenvalue weighted by Crippen LogP contribution is 2.25. The summed E-state index contributed by atoms with van der Waals surface area (Å²) >= 11 is 7.50. The lowest BCUT2D eigenvalue weighted by Crippen LogP contribution is -2.08. The number of hydrogen-bond acceptors (Lipinski definition) is 4. The quantitative estimate of drug-likeness (QED) is 0.588. The Hall–Kier alpha value is -2.18. The molecule has 0 atom stereocenters. The minimum atomic E-state index is -0.154. The summed E-state index contributed by atoms with van der Waals surface area (Å²) in [7, 11) is 0. The van der Waals surface area contributed by atoms with E-state index in [1.54, 1.807) is 12.1 Å². The molecule has 4 rings (SSSR count). The maximum absolute atomic E-state index is 11.9. The van der Waals surface area contributed by atoms with E-state index in [2.05, 4.69) is 15.2 Å². The van der Waals surface area contributed by atoms with E-state index in [0.717, 1.165) is 10.4 Å². The predicted octanol–water partition coefficient (Wildman–Crippen LogP) is 2.95. The fourth-order valence-corrected chi connectivity index (χ4v) is 3.28. The minimum absolute atomic E-state index is 0.154. The molecule has 7 heteroatoms. The molecule has 0 radical (unpaired) electrons. The van der Waals surface area contributed by atoms with Crippen molar-refractivity contribution in [2.45, 2.75) is 0 Å². The molecule has 0 unspecified atom stereocenters. The summed E-state index contributed by atoms with van der Waals surface area (Å²) in [5.74, 6) is 1.09. The predicted molar refractivity (Wildman–Crippen MR) is 79.4 cm³/mol. The van der Waals surface area contributed by atoms with Crippen molar-refractivity contribution >= 4 is 38.9 Å². The summed E-state index contributed by atoms with van der Waals surface area (Å²) in [6, 6.07) is 9.18. The normalized spacial score (nSPS) is 11.4. The van der Waals surface area contributed by atoms with Gasteiger partial charge in [-0.3, -0.25) is 14.2 Å². The van der Waals surface area contributed by atoms with Crippen molar-refractivity contribution in [2.24, 2.45) is 0 Å². The standard InChI is InChI=1S/C13H7ClN4OS/c14-8-3-1-2-7(6-8)10-16-17-13-15-11(19)9-4-5-20-12(9)18(10)13/h1-6H,(H,15,17,19). The Kier molecular flexibility index (Phi) is 2.42. The van der Waals surface area contributed by atoms with Gasteiger partial charge < -0.3 is 0 Å². The highest BCUT2D eigenvalue weighted by molar-refractivity contribution is 7.16. The van der Waals surface area contributed by atoms with Crippen LogP contribution in [0.25, 0.3) is 27.4 Å². The molecule has 0 amide bonds. The zero-order valence-electron chi connectivity index (χ0n) is 10.0. The molecule has 1 N–H and O–H groups in total. The summed E-state index contributed by atoms with van der Waals surface area (Å²) in [6.45, 7) is 0. The zero-order chi connectivity index (χ0) is 13.7. The van der Waals surface area contributed by atoms with Crippen LogP contribution in [-0.2, 0) is 0 Å². The third-order valence-electron chi connectivity index (χ3n) is 3.06. The molecule has 0 aliphatic heterocycles. The summed E-state index contributed by atoms with van der Waals surface area (Å²) in [5.41, 5.74) is 0.700. The van der Waals surface area contributed by atoms with E-state index in [1.807, 2.05) is 28.0 Å². The van der Waals surface area contributed by atoms with Crippen LogP contribution in [0.4, 0.5) is 0 Å². The van der Waals surface area contributed by atoms with Crippen LogP contribution in [0.5, 0.6) is 0 Å². The second-order valence-corrected chi connectivity index (χ2v) is 5.62. The van der Waals surface area contributed by atoms with Crippen LogP contribution in [0.2, 0.25) is 5.02 Å². The van der Waals surface area contributed by atoms with Crippen molar-refractivity contribution in [3.63, 3.8) is 0 Å². The van der Waals surface area contributed by atoms with Crippen molar-refractivity contribution in [3.05, 3.63) is 51.1 Å². The molecule has 0 saturated heterocycles. The van der Waals surface area contributed by atoms with E-state index >= 15 is 0 Å². The molecule has 0 aliphatic rings. The number of aromatic amines is 1. The average molecular weight is 303 g/mol. The molecule has 3 heterocycles. The summed E-state index contributed by atoms with van der Waals surface area (Å²) in [5, 5.41) is 11.3.